The first-order valence-electron chi connectivity index (χ1n) is 10.1. The molecular formula is C25H21ClN3NaO4. The fraction of sp³-hybridized carbons (Fsp3) is 0.0800. The van der Waals surface area contributed by atoms with E-state index in [2.05, 4.69) is 10.6 Å². The predicted octanol–water partition coefficient (Wildman–Crippen LogP) is 4.23. The Morgan fingerprint density at radius 3 is 2.41 bits per heavy atom. The van der Waals surface area contributed by atoms with Crippen LogP contribution in [0.3, 0.4) is 0 Å². The van der Waals surface area contributed by atoms with Crippen molar-refractivity contribution in [1.82, 2.24) is 9.88 Å². The van der Waals surface area contributed by atoms with Crippen molar-refractivity contribution in [3.63, 3.8) is 0 Å². The molecule has 3 N–H and O–H groups in total. The van der Waals surface area contributed by atoms with E-state index in [9.17, 15) is 14.4 Å². The summed E-state index contributed by atoms with van der Waals surface area (Å²) in [6.45, 7) is 0.0584. The molecule has 0 atom stereocenters. The Labute approximate surface area is 222 Å². The number of carboxylic acids is 1. The van der Waals surface area contributed by atoms with E-state index in [1.54, 1.807) is 37.4 Å². The Hall–Kier alpha value is -3.10. The zero-order valence-corrected chi connectivity index (χ0v) is 18.4. The van der Waals surface area contributed by atoms with Gasteiger partial charge in [-0.2, -0.15) is 0 Å². The molecule has 0 aliphatic carbocycles. The Morgan fingerprint density at radius 2 is 1.71 bits per heavy atom. The number of fused-ring (bicyclic) bond motifs is 1. The van der Waals surface area contributed by atoms with Gasteiger partial charge in [-0.25, -0.2) is 9.59 Å². The number of carbonyl (C=O) groups is 2. The van der Waals surface area contributed by atoms with Gasteiger partial charge in [0.05, 0.1) is 12.1 Å². The minimum atomic E-state index is -1.09. The molecule has 0 bridgehead atoms. The van der Waals surface area contributed by atoms with E-state index in [-0.39, 0.29) is 47.2 Å². The fourth-order valence-corrected chi connectivity index (χ4v) is 3.91. The molecule has 4 aromatic rings. The van der Waals surface area contributed by atoms with Crippen molar-refractivity contribution < 1.29 is 14.7 Å². The average Bonchev–Trinajstić information content (AvgIpc) is 2.81. The molecule has 0 spiro atoms. The van der Waals surface area contributed by atoms with E-state index in [4.69, 9.17) is 16.7 Å². The number of pyridine rings is 1. The first kappa shape index (κ1) is 25.5. The molecule has 168 valence electrons. The number of aromatic carboxylic acids is 1. The fourth-order valence-electron chi connectivity index (χ4n) is 3.74. The van der Waals surface area contributed by atoms with E-state index < -0.39 is 12.0 Å². The average molecular weight is 486 g/mol. The Kier molecular flexibility index (Phi) is 8.17. The SMILES string of the molecule is Cn1c(CNC(=O)Nc2cccc(C(=O)O)c2)c(-c2ccccc2)c2cc(Cl)ccc2c1=O.[NaH]. The molecule has 0 saturated carbocycles. The van der Waals surface area contributed by atoms with Gasteiger partial charge in [0.2, 0.25) is 0 Å². The summed E-state index contributed by atoms with van der Waals surface area (Å²) < 4.78 is 1.52. The van der Waals surface area contributed by atoms with E-state index >= 15 is 0 Å². The molecule has 0 aliphatic rings. The van der Waals surface area contributed by atoms with Crippen LogP contribution in [-0.4, -0.2) is 51.2 Å². The molecule has 0 aliphatic heterocycles. The maximum atomic E-state index is 13.0. The Bertz CT molecular complexity index is 1440. The summed E-state index contributed by atoms with van der Waals surface area (Å²) >= 11 is 6.25. The molecule has 0 saturated heterocycles. The monoisotopic (exact) mass is 485 g/mol. The molecule has 2 amide bonds. The summed E-state index contributed by atoms with van der Waals surface area (Å²) in [5.41, 5.74) is 2.49. The van der Waals surface area contributed by atoms with Gasteiger partial charge in [-0.15, -0.1) is 0 Å². The van der Waals surface area contributed by atoms with E-state index in [1.807, 2.05) is 30.3 Å². The molecule has 34 heavy (non-hydrogen) atoms. The van der Waals surface area contributed by atoms with Crippen molar-refractivity contribution in [2.24, 2.45) is 7.05 Å². The maximum absolute atomic E-state index is 13.0. The number of benzene rings is 3. The molecule has 9 heteroatoms. The van der Waals surface area contributed by atoms with Crippen molar-refractivity contribution in [2.75, 3.05) is 5.32 Å². The number of carboxylic acid groups (broad SMARTS) is 1. The quantitative estimate of drug-likeness (QED) is 0.368. The molecule has 1 heterocycles. The van der Waals surface area contributed by atoms with Gasteiger partial charge in [-0.3, -0.25) is 4.79 Å². The Morgan fingerprint density at radius 1 is 0.971 bits per heavy atom. The predicted molar refractivity (Wildman–Crippen MR) is 136 cm³/mol. The van der Waals surface area contributed by atoms with Crippen LogP contribution in [0, 0.1) is 0 Å². The second kappa shape index (κ2) is 10.9. The number of carbonyl (C=O) groups excluding carboxylic acids is 1. The van der Waals surface area contributed by atoms with Gasteiger partial charge in [-0.05, 0) is 47.3 Å². The van der Waals surface area contributed by atoms with Crippen molar-refractivity contribution in [3.8, 4) is 11.1 Å². The van der Waals surface area contributed by atoms with E-state index in [0.717, 1.165) is 11.1 Å². The summed E-state index contributed by atoms with van der Waals surface area (Å²) in [5.74, 6) is -1.09. The summed E-state index contributed by atoms with van der Waals surface area (Å²) in [7, 11) is 1.66. The summed E-state index contributed by atoms with van der Waals surface area (Å²) in [4.78, 5) is 36.7. The van der Waals surface area contributed by atoms with Crippen LogP contribution in [0.5, 0.6) is 0 Å². The topological polar surface area (TPSA) is 100 Å². The van der Waals surface area contributed by atoms with Gasteiger partial charge in [-0.1, -0.05) is 48.0 Å². The van der Waals surface area contributed by atoms with Gasteiger partial charge in [0, 0.05) is 34.4 Å². The van der Waals surface area contributed by atoms with E-state index in [1.165, 1.54) is 16.7 Å². The molecule has 1 aromatic heterocycles. The zero-order valence-electron chi connectivity index (χ0n) is 17.6. The van der Waals surface area contributed by atoms with Gasteiger partial charge in [0.25, 0.3) is 5.56 Å². The summed E-state index contributed by atoms with van der Waals surface area (Å²) in [5, 5.41) is 16.2. The van der Waals surface area contributed by atoms with Crippen LogP contribution in [-0.2, 0) is 13.6 Å². The van der Waals surface area contributed by atoms with Crippen molar-refractivity contribution in [1.29, 1.82) is 0 Å². The van der Waals surface area contributed by atoms with Crippen LogP contribution < -0.4 is 16.2 Å². The number of anilines is 1. The van der Waals surface area contributed by atoms with Crippen LogP contribution in [0.1, 0.15) is 16.1 Å². The van der Waals surface area contributed by atoms with E-state index in [0.29, 0.717) is 27.2 Å². The standard InChI is InChI=1S/C25H20ClN3O4.Na.H/c1-29-21(14-27-25(33)28-18-9-5-8-16(12-18)24(31)32)22(15-6-3-2-4-7-15)20-13-17(26)10-11-19(20)23(29)30;;/h2-13H,14H2,1H3,(H,31,32)(H2,27,28,33);;. The summed E-state index contributed by atoms with van der Waals surface area (Å²) in [6.07, 6.45) is 0. The third-order valence-electron chi connectivity index (χ3n) is 5.33. The molecular weight excluding hydrogens is 465 g/mol. The molecule has 0 unspecified atom stereocenters. The van der Waals surface area contributed by atoms with Gasteiger partial charge >= 0.3 is 41.6 Å². The zero-order chi connectivity index (χ0) is 23.5. The van der Waals surface area contributed by atoms with Crippen LogP contribution in [0.15, 0.2) is 77.6 Å². The normalized spacial score (nSPS) is 10.4. The van der Waals surface area contributed by atoms with Crippen molar-refractivity contribution in [3.05, 3.63) is 99.4 Å². The van der Waals surface area contributed by atoms with Gasteiger partial charge in [0.1, 0.15) is 0 Å². The summed E-state index contributed by atoms with van der Waals surface area (Å²) in [6, 6.07) is 20.1. The number of halogens is 1. The number of nitrogens with zero attached hydrogens (tertiary/aromatic N) is 1. The van der Waals surface area contributed by atoms with Crippen LogP contribution in [0.2, 0.25) is 5.02 Å². The number of aromatic nitrogens is 1. The van der Waals surface area contributed by atoms with Crippen molar-refractivity contribution in [2.45, 2.75) is 6.54 Å². The number of nitrogens with one attached hydrogen (secondary N) is 2. The molecule has 7 nitrogen and oxygen atoms in total. The molecule has 3 aromatic carbocycles. The van der Waals surface area contributed by atoms with Crippen molar-refractivity contribution >= 4 is 69.6 Å². The second-order valence-electron chi connectivity index (χ2n) is 7.44. The third kappa shape index (κ3) is 5.34. The second-order valence-corrected chi connectivity index (χ2v) is 7.87. The number of hydrogen-bond donors (Lipinski definition) is 3. The first-order valence-corrected chi connectivity index (χ1v) is 10.5. The number of amides is 2. The number of rotatable bonds is 5. The molecule has 0 radical (unpaired) electrons. The molecule has 0 fully saturated rings. The number of urea groups is 1. The first-order chi connectivity index (χ1) is 15.8. The Balaban J connectivity index is 0.00000324. The molecule has 4 rings (SSSR count). The third-order valence-corrected chi connectivity index (χ3v) is 5.56. The van der Waals surface area contributed by atoms with Crippen LogP contribution >= 0.6 is 11.6 Å². The van der Waals surface area contributed by atoms with Gasteiger partial charge < -0.3 is 20.3 Å². The van der Waals surface area contributed by atoms with Crippen LogP contribution in [0.25, 0.3) is 21.9 Å². The number of hydrogen-bond acceptors (Lipinski definition) is 3. The minimum absolute atomic E-state index is 0. The van der Waals surface area contributed by atoms with Crippen LogP contribution in [0.4, 0.5) is 10.5 Å². The van der Waals surface area contributed by atoms with Gasteiger partial charge in [0.15, 0.2) is 0 Å².